The summed E-state index contributed by atoms with van der Waals surface area (Å²) in [5, 5.41) is 3.58. The predicted octanol–water partition coefficient (Wildman–Crippen LogP) is 2.65. The molecule has 0 aromatic heterocycles. The molecule has 4 aliphatic carbocycles. The zero-order valence-corrected chi connectivity index (χ0v) is 18.0. The Morgan fingerprint density at radius 3 is 2.14 bits per heavy atom. The van der Waals surface area contributed by atoms with E-state index in [1.165, 1.54) is 77.3 Å². The minimum absolute atomic E-state index is 0.167. The van der Waals surface area contributed by atoms with Gasteiger partial charge in [-0.05, 0) is 94.4 Å². The number of carbonyl (C=O) groups excluding carboxylic acids is 1. The summed E-state index contributed by atoms with van der Waals surface area (Å²) < 4.78 is 5.50. The van der Waals surface area contributed by atoms with Crippen LogP contribution in [0.4, 0.5) is 0 Å². The Labute approximate surface area is 175 Å². The van der Waals surface area contributed by atoms with Gasteiger partial charge in [0.15, 0.2) is 0 Å². The van der Waals surface area contributed by atoms with Crippen molar-refractivity contribution in [2.24, 2.45) is 23.7 Å². The van der Waals surface area contributed by atoms with E-state index in [1.54, 1.807) is 0 Å². The van der Waals surface area contributed by atoms with E-state index in [2.05, 4.69) is 15.1 Å². The van der Waals surface area contributed by atoms with Crippen molar-refractivity contribution in [1.29, 1.82) is 0 Å². The first-order valence-electron chi connectivity index (χ1n) is 12.5. The number of fused-ring (bicyclic) bond motifs is 2. The average molecular weight is 402 g/mol. The maximum Gasteiger partial charge on any atom is 0.234 e. The first-order chi connectivity index (χ1) is 14.1. The molecular weight excluding hydrogens is 362 g/mol. The van der Waals surface area contributed by atoms with Gasteiger partial charge in [-0.1, -0.05) is 0 Å². The quantitative estimate of drug-likeness (QED) is 0.743. The number of amides is 1. The van der Waals surface area contributed by atoms with Crippen LogP contribution in [-0.2, 0) is 9.53 Å². The van der Waals surface area contributed by atoms with Gasteiger partial charge in [-0.25, -0.2) is 0 Å². The van der Waals surface area contributed by atoms with Crippen LogP contribution >= 0.6 is 0 Å². The minimum atomic E-state index is 0.167. The lowest BCUT2D eigenvalue weighted by Gasteiger charge is -2.57. The van der Waals surface area contributed by atoms with Crippen LogP contribution in [0.2, 0.25) is 0 Å². The zero-order valence-electron chi connectivity index (χ0n) is 18.0. The third kappa shape index (κ3) is 3.76. The lowest BCUT2D eigenvalue weighted by Crippen LogP contribution is -2.61. The second-order valence-electron chi connectivity index (χ2n) is 11.6. The van der Waals surface area contributed by atoms with Gasteiger partial charge >= 0.3 is 0 Å². The highest BCUT2D eigenvalue weighted by atomic mass is 16.5. The number of hydrogen-bond acceptors (Lipinski definition) is 4. The smallest absolute Gasteiger partial charge is 0.234 e. The SMILES string of the molecule is O=C(CN1C[C@@H]2C[C@H]1CN2CCC1CCOCC1)NC12CC3CC(CC(C3)C1)C2. The summed E-state index contributed by atoms with van der Waals surface area (Å²) >= 11 is 0. The van der Waals surface area contributed by atoms with Gasteiger partial charge in [-0.2, -0.15) is 0 Å². The van der Waals surface area contributed by atoms with Gasteiger partial charge in [0, 0.05) is 43.9 Å². The van der Waals surface area contributed by atoms with Crippen molar-refractivity contribution in [3.63, 3.8) is 0 Å². The van der Waals surface area contributed by atoms with Crippen LogP contribution in [0.25, 0.3) is 0 Å². The van der Waals surface area contributed by atoms with Gasteiger partial charge < -0.3 is 10.1 Å². The van der Waals surface area contributed by atoms with E-state index < -0.39 is 0 Å². The van der Waals surface area contributed by atoms with Crippen molar-refractivity contribution in [2.75, 3.05) is 39.4 Å². The number of carbonyl (C=O) groups is 1. The first-order valence-corrected chi connectivity index (χ1v) is 12.5. The predicted molar refractivity (Wildman–Crippen MR) is 113 cm³/mol. The topological polar surface area (TPSA) is 44.8 Å². The van der Waals surface area contributed by atoms with Gasteiger partial charge in [0.05, 0.1) is 6.54 Å². The number of nitrogens with one attached hydrogen (secondary N) is 1. The second-order valence-corrected chi connectivity index (χ2v) is 11.6. The minimum Gasteiger partial charge on any atom is -0.381 e. The van der Waals surface area contributed by atoms with Crippen molar-refractivity contribution in [3.05, 3.63) is 0 Å². The second kappa shape index (κ2) is 7.49. The van der Waals surface area contributed by atoms with Crippen molar-refractivity contribution >= 4 is 5.91 Å². The first kappa shape index (κ1) is 19.1. The molecule has 7 rings (SSSR count). The lowest BCUT2D eigenvalue weighted by molar-refractivity contribution is -0.128. The largest absolute Gasteiger partial charge is 0.381 e. The van der Waals surface area contributed by atoms with Crippen LogP contribution in [0, 0.1) is 23.7 Å². The zero-order chi connectivity index (χ0) is 19.4. The molecule has 3 aliphatic heterocycles. The third-order valence-electron chi connectivity index (χ3n) is 9.42. The molecule has 0 unspecified atom stereocenters. The standard InChI is InChI=1S/C24H39N3O2/c28-23(25-24-11-18-7-19(12-24)9-20(8-18)13-24)16-27-15-21-10-22(27)14-26(21)4-1-17-2-5-29-6-3-17/h17-22H,1-16H2,(H,25,28)/t18?,19?,20?,21-,22-,24?/m0/s1. The van der Waals surface area contributed by atoms with Crippen LogP contribution in [0.1, 0.15) is 64.2 Å². The molecule has 162 valence electrons. The fraction of sp³-hybridized carbons (Fsp3) is 0.958. The van der Waals surface area contributed by atoms with Gasteiger partial charge in [-0.3, -0.25) is 14.6 Å². The van der Waals surface area contributed by atoms with Gasteiger partial charge in [0.25, 0.3) is 0 Å². The Kier molecular flexibility index (Phi) is 4.92. The molecule has 7 fully saturated rings. The highest BCUT2D eigenvalue weighted by Crippen LogP contribution is 2.55. The Morgan fingerprint density at radius 2 is 1.52 bits per heavy atom. The number of nitrogens with zero attached hydrogens (tertiary/aromatic N) is 2. The van der Waals surface area contributed by atoms with Crippen molar-refractivity contribution in [3.8, 4) is 0 Å². The van der Waals surface area contributed by atoms with Crippen molar-refractivity contribution in [1.82, 2.24) is 15.1 Å². The average Bonchev–Trinajstić information content (AvgIpc) is 3.25. The third-order valence-corrected chi connectivity index (χ3v) is 9.42. The van der Waals surface area contributed by atoms with Gasteiger partial charge in [0.2, 0.25) is 5.91 Å². The van der Waals surface area contributed by atoms with Gasteiger partial charge in [-0.15, -0.1) is 0 Å². The number of rotatable bonds is 6. The molecule has 0 radical (unpaired) electrons. The molecule has 5 nitrogen and oxygen atoms in total. The summed E-state index contributed by atoms with van der Waals surface area (Å²) in [5.41, 5.74) is 0.167. The molecule has 3 saturated heterocycles. The highest BCUT2D eigenvalue weighted by molar-refractivity contribution is 5.79. The monoisotopic (exact) mass is 401 g/mol. The molecule has 5 heteroatoms. The molecule has 1 amide bonds. The van der Waals surface area contributed by atoms with Crippen LogP contribution < -0.4 is 5.32 Å². The Balaban J connectivity index is 0.982. The molecule has 0 aromatic carbocycles. The molecular formula is C24H39N3O2. The van der Waals surface area contributed by atoms with Crippen molar-refractivity contribution < 1.29 is 9.53 Å². The Hall–Kier alpha value is -0.650. The molecule has 0 aromatic rings. The van der Waals surface area contributed by atoms with E-state index in [1.807, 2.05) is 0 Å². The number of likely N-dealkylation sites (tertiary alicyclic amines) is 2. The number of hydrogen-bond donors (Lipinski definition) is 1. The Morgan fingerprint density at radius 1 is 0.897 bits per heavy atom. The van der Waals surface area contributed by atoms with E-state index in [9.17, 15) is 4.79 Å². The fourth-order valence-corrected chi connectivity index (χ4v) is 8.47. The van der Waals surface area contributed by atoms with E-state index in [-0.39, 0.29) is 5.54 Å². The summed E-state index contributed by atoms with van der Waals surface area (Å²) in [7, 11) is 0. The highest BCUT2D eigenvalue weighted by Gasteiger charge is 2.52. The maximum absolute atomic E-state index is 13.0. The summed E-state index contributed by atoms with van der Waals surface area (Å²) in [6.45, 7) is 6.09. The van der Waals surface area contributed by atoms with E-state index in [0.29, 0.717) is 24.5 Å². The fourth-order valence-electron chi connectivity index (χ4n) is 8.47. The molecule has 6 bridgehead atoms. The normalized spacial score (nSPS) is 44.6. The summed E-state index contributed by atoms with van der Waals surface area (Å²) in [6, 6.07) is 1.30. The van der Waals surface area contributed by atoms with E-state index in [0.717, 1.165) is 43.4 Å². The molecule has 0 spiro atoms. The number of ether oxygens (including phenoxy) is 1. The van der Waals surface area contributed by atoms with Gasteiger partial charge in [0.1, 0.15) is 0 Å². The summed E-state index contributed by atoms with van der Waals surface area (Å²) in [5.74, 6) is 3.87. The van der Waals surface area contributed by atoms with Crippen molar-refractivity contribution in [2.45, 2.75) is 81.8 Å². The molecule has 7 aliphatic rings. The lowest BCUT2D eigenvalue weighted by atomic mass is 9.53. The molecule has 3 heterocycles. The van der Waals surface area contributed by atoms with Crippen LogP contribution in [0.15, 0.2) is 0 Å². The van der Waals surface area contributed by atoms with E-state index in [4.69, 9.17) is 4.74 Å². The summed E-state index contributed by atoms with van der Waals surface area (Å²) in [6.07, 6.45) is 13.2. The molecule has 29 heavy (non-hydrogen) atoms. The number of piperazine rings is 1. The summed E-state index contributed by atoms with van der Waals surface area (Å²) in [4.78, 5) is 18.2. The molecule has 2 atom stereocenters. The molecule has 4 saturated carbocycles. The Bertz CT molecular complexity index is 596. The molecule has 1 N–H and O–H groups in total. The maximum atomic E-state index is 13.0. The van der Waals surface area contributed by atoms with E-state index >= 15 is 0 Å². The van der Waals surface area contributed by atoms with Crippen LogP contribution in [0.3, 0.4) is 0 Å². The van der Waals surface area contributed by atoms with Crippen LogP contribution in [-0.4, -0.2) is 72.7 Å². The van der Waals surface area contributed by atoms with Crippen LogP contribution in [0.5, 0.6) is 0 Å².